The van der Waals surface area contributed by atoms with E-state index >= 15 is 0 Å². The average Bonchev–Trinajstić information content (AvgIpc) is 3.17. The van der Waals surface area contributed by atoms with Gasteiger partial charge in [0.2, 0.25) is 5.95 Å². The van der Waals surface area contributed by atoms with Crippen molar-refractivity contribution < 1.29 is 9.84 Å². The van der Waals surface area contributed by atoms with Crippen molar-refractivity contribution in [1.82, 2.24) is 19.5 Å². The van der Waals surface area contributed by atoms with E-state index in [0.717, 1.165) is 37.9 Å². The van der Waals surface area contributed by atoms with E-state index in [4.69, 9.17) is 20.4 Å². The summed E-state index contributed by atoms with van der Waals surface area (Å²) in [5.41, 5.74) is 8.23. The molecule has 2 aromatic heterocycles. The van der Waals surface area contributed by atoms with Crippen LogP contribution in [0.2, 0.25) is 0 Å². The Hall–Kier alpha value is -3.07. The fourth-order valence-electron chi connectivity index (χ4n) is 3.86. The minimum Gasteiger partial charge on any atom is -0.504 e. The number of rotatable bonds is 7. The highest BCUT2D eigenvalue weighted by Crippen LogP contribution is 2.30. The van der Waals surface area contributed by atoms with E-state index in [2.05, 4.69) is 22.5 Å². The molecule has 0 saturated heterocycles. The monoisotopic (exact) mass is 411 g/mol. The smallest absolute Gasteiger partial charge is 0.227 e. The molecule has 0 spiro atoms. The second kappa shape index (κ2) is 8.74. The summed E-state index contributed by atoms with van der Waals surface area (Å²) < 4.78 is 7.19. The Morgan fingerprint density at radius 2 is 2.03 bits per heavy atom. The van der Waals surface area contributed by atoms with Crippen molar-refractivity contribution in [1.29, 1.82) is 0 Å². The lowest BCUT2D eigenvalue weighted by molar-refractivity contribution is 0.371. The zero-order valence-electron chi connectivity index (χ0n) is 17.4. The molecule has 30 heavy (non-hydrogen) atoms. The van der Waals surface area contributed by atoms with E-state index in [0.29, 0.717) is 47.2 Å². The van der Waals surface area contributed by atoms with E-state index in [1.807, 2.05) is 16.7 Å². The highest BCUT2D eigenvalue weighted by Gasteiger charge is 2.21. The first-order valence-corrected chi connectivity index (χ1v) is 10.4. The van der Waals surface area contributed by atoms with Crippen molar-refractivity contribution in [2.24, 2.45) is 5.73 Å². The Morgan fingerprint density at radius 3 is 2.77 bits per heavy atom. The SMILES string of the molecule is CCn1cnc2c(NCc3cccc(OC)c3O)nc(NC3CCC(N)CC3)nc21. The van der Waals surface area contributed by atoms with Crippen molar-refractivity contribution in [3.05, 3.63) is 30.1 Å². The maximum Gasteiger partial charge on any atom is 0.227 e. The third-order valence-corrected chi connectivity index (χ3v) is 5.66. The molecular formula is C21H29N7O2. The van der Waals surface area contributed by atoms with Gasteiger partial charge in [-0.2, -0.15) is 9.97 Å². The van der Waals surface area contributed by atoms with Crippen molar-refractivity contribution in [3.8, 4) is 11.5 Å². The molecule has 160 valence electrons. The Bertz CT molecular complexity index is 1010. The van der Waals surface area contributed by atoms with Crippen LogP contribution in [0.25, 0.3) is 11.2 Å². The molecule has 1 fully saturated rings. The zero-order chi connectivity index (χ0) is 21.1. The van der Waals surface area contributed by atoms with E-state index in [-0.39, 0.29) is 5.75 Å². The highest BCUT2D eigenvalue weighted by atomic mass is 16.5. The number of nitrogens with zero attached hydrogens (tertiary/aromatic N) is 4. The first kappa shape index (κ1) is 20.2. The van der Waals surface area contributed by atoms with Crippen LogP contribution < -0.4 is 21.1 Å². The molecule has 9 nitrogen and oxygen atoms in total. The molecule has 9 heteroatoms. The number of aryl methyl sites for hydroxylation is 1. The van der Waals surface area contributed by atoms with Gasteiger partial charge in [0.1, 0.15) is 0 Å². The van der Waals surface area contributed by atoms with Crippen LogP contribution in [0.5, 0.6) is 11.5 Å². The third kappa shape index (κ3) is 4.11. The number of benzene rings is 1. The van der Waals surface area contributed by atoms with Crippen molar-refractivity contribution in [3.63, 3.8) is 0 Å². The number of ether oxygens (including phenoxy) is 1. The van der Waals surface area contributed by atoms with Gasteiger partial charge in [-0.1, -0.05) is 12.1 Å². The van der Waals surface area contributed by atoms with Gasteiger partial charge in [0, 0.05) is 30.7 Å². The van der Waals surface area contributed by atoms with Crippen LogP contribution in [0, 0.1) is 0 Å². The third-order valence-electron chi connectivity index (χ3n) is 5.66. The van der Waals surface area contributed by atoms with Crippen LogP contribution in [0.4, 0.5) is 11.8 Å². The molecule has 0 atom stereocenters. The Kier molecular flexibility index (Phi) is 5.89. The van der Waals surface area contributed by atoms with Gasteiger partial charge in [-0.25, -0.2) is 4.98 Å². The van der Waals surface area contributed by atoms with Gasteiger partial charge < -0.3 is 30.8 Å². The lowest BCUT2D eigenvalue weighted by Gasteiger charge is -2.26. The van der Waals surface area contributed by atoms with Gasteiger partial charge >= 0.3 is 0 Å². The molecule has 3 aromatic rings. The fourth-order valence-corrected chi connectivity index (χ4v) is 3.86. The Morgan fingerprint density at radius 1 is 1.23 bits per heavy atom. The Labute approximate surface area is 175 Å². The number of nitrogens with two attached hydrogens (primary N) is 1. The number of anilines is 2. The zero-order valence-corrected chi connectivity index (χ0v) is 17.4. The van der Waals surface area contributed by atoms with E-state index < -0.39 is 0 Å². The average molecular weight is 412 g/mol. The molecule has 0 aliphatic heterocycles. The van der Waals surface area contributed by atoms with Crippen LogP contribution in [-0.2, 0) is 13.1 Å². The number of hydrogen-bond donors (Lipinski definition) is 4. The van der Waals surface area contributed by atoms with Crippen molar-refractivity contribution in [2.45, 2.75) is 57.8 Å². The maximum absolute atomic E-state index is 10.4. The number of phenolic OH excluding ortho intramolecular Hbond substituents is 1. The molecule has 4 rings (SSSR count). The number of fused-ring (bicyclic) bond motifs is 1. The Balaban J connectivity index is 1.60. The summed E-state index contributed by atoms with van der Waals surface area (Å²) >= 11 is 0. The minimum atomic E-state index is 0.119. The standard InChI is InChI=1S/C21H29N7O2/c1-3-28-12-24-17-19(23-11-13-5-4-6-16(30-2)18(13)29)26-21(27-20(17)28)25-15-9-7-14(22)8-10-15/h4-6,12,14-15,29H,3,7-11,22H2,1-2H3,(H2,23,25,26,27). The first-order valence-electron chi connectivity index (χ1n) is 10.4. The quantitative estimate of drug-likeness (QED) is 0.468. The van der Waals surface area contributed by atoms with Gasteiger partial charge in [-0.3, -0.25) is 0 Å². The number of aromatic nitrogens is 4. The summed E-state index contributed by atoms with van der Waals surface area (Å²) in [6.45, 7) is 3.20. The van der Waals surface area contributed by atoms with Gasteiger partial charge in [0.25, 0.3) is 0 Å². The first-order chi connectivity index (χ1) is 14.6. The second-order valence-corrected chi connectivity index (χ2v) is 7.68. The topological polar surface area (TPSA) is 123 Å². The number of aromatic hydroxyl groups is 1. The van der Waals surface area contributed by atoms with Crippen molar-refractivity contribution in [2.75, 3.05) is 17.7 Å². The molecule has 0 bridgehead atoms. The van der Waals surface area contributed by atoms with Gasteiger partial charge in [-0.15, -0.1) is 0 Å². The lowest BCUT2D eigenvalue weighted by Crippen LogP contribution is -2.33. The summed E-state index contributed by atoms with van der Waals surface area (Å²) in [5, 5.41) is 17.2. The number of imidazole rings is 1. The molecule has 2 heterocycles. The largest absolute Gasteiger partial charge is 0.504 e. The second-order valence-electron chi connectivity index (χ2n) is 7.68. The fraction of sp³-hybridized carbons (Fsp3) is 0.476. The molecule has 5 N–H and O–H groups in total. The summed E-state index contributed by atoms with van der Waals surface area (Å²) in [7, 11) is 1.54. The van der Waals surface area contributed by atoms with Gasteiger partial charge in [-0.05, 0) is 38.7 Å². The number of phenols is 1. The molecule has 0 unspecified atom stereocenters. The predicted molar refractivity (Wildman–Crippen MR) is 117 cm³/mol. The summed E-state index contributed by atoms with van der Waals surface area (Å²) in [4.78, 5) is 13.9. The highest BCUT2D eigenvalue weighted by molar-refractivity contribution is 5.84. The van der Waals surface area contributed by atoms with Crippen LogP contribution in [-0.4, -0.2) is 43.8 Å². The van der Waals surface area contributed by atoms with E-state index in [1.54, 1.807) is 12.4 Å². The maximum atomic E-state index is 10.4. The summed E-state index contributed by atoms with van der Waals surface area (Å²) in [5.74, 6) is 1.77. The minimum absolute atomic E-state index is 0.119. The van der Waals surface area contributed by atoms with Gasteiger partial charge in [0.15, 0.2) is 28.5 Å². The van der Waals surface area contributed by atoms with Crippen LogP contribution in [0.15, 0.2) is 24.5 Å². The van der Waals surface area contributed by atoms with Crippen LogP contribution in [0.1, 0.15) is 38.2 Å². The number of nitrogens with one attached hydrogen (secondary N) is 2. The van der Waals surface area contributed by atoms with E-state index in [1.165, 1.54) is 7.11 Å². The lowest BCUT2D eigenvalue weighted by atomic mass is 9.92. The molecule has 1 aliphatic rings. The molecule has 0 amide bonds. The number of methoxy groups -OCH3 is 1. The number of para-hydroxylation sites is 1. The van der Waals surface area contributed by atoms with Crippen molar-refractivity contribution >= 4 is 22.9 Å². The van der Waals surface area contributed by atoms with Crippen LogP contribution >= 0.6 is 0 Å². The molecular weight excluding hydrogens is 382 g/mol. The molecule has 1 saturated carbocycles. The van der Waals surface area contributed by atoms with Crippen LogP contribution in [0.3, 0.4) is 0 Å². The summed E-state index contributed by atoms with van der Waals surface area (Å²) in [6.07, 6.45) is 5.81. The predicted octanol–water partition coefficient (Wildman–Crippen LogP) is 2.85. The molecule has 1 aliphatic carbocycles. The normalized spacial score (nSPS) is 19.0. The number of hydrogen-bond acceptors (Lipinski definition) is 8. The summed E-state index contributed by atoms with van der Waals surface area (Å²) in [6, 6.07) is 6.02. The molecule has 1 aromatic carbocycles. The molecule has 0 radical (unpaired) electrons. The van der Waals surface area contributed by atoms with Gasteiger partial charge in [0.05, 0.1) is 13.4 Å². The van der Waals surface area contributed by atoms with E-state index in [9.17, 15) is 5.11 Å².